The van der Waals surface area contributed by atoms with Crippen LogP contribution in [0, 0.1) is 5.82 Å². The molecule has 0 bridgehead atoms. The Morgan fingerprint density at radius 3 is 2.79 bits per heavy atom. The second-order valence-electron chi connectivity index (χ2n) is 4.99. The molecule has 0 atom stereocenters. The molecule has 0 radical (unpaired) electrons. The molecule has 3 rings (SSSR count). The third-order valence-electron chi connectivity index (χ3n) is 3.77. The van der Waals surface area contributed by atoms with Gasteiger partial charge in [0.15, 0.2) is 0 Å². The van der Waals surface area contributed by atoms with Crippen molar-refractivity contribution in [2.24, 2.45) is 0 Å². The number of rotatable bonds is 3. The Kier molecular flexibility index (Phi) is 3.53. The van der Waals surface area contributed by atoms with Crippen molar-refractivity contribution in [3.63, 3.8) is 0 Å². The first-order chi connectivity index (χ1) is 9.28. The third-order valence-corrected chi connectivity index (χ3v) is 3.77. The van der Waals surface area contributed by atoms with Crippen molar-refractivity contribution in [2.75, 3.05) is 26.3 Å². The van der Waals surface area contributed by atoms with Crippen LogP contribution in [0.2, 0.25) is 0 Å². The highest BCUT2D eigenvalue weighted by Crippen LogP contribution is 2.24. The predicted octanol–water partition coefficient (Wildman–Crippen LogP) is 2.63. The van der Waals surface area contributed by atoms with Crippen LogP contribution in [0.5, 0.6) is 0 Å². The lowest BCUT2D eigenvalue weighted by atomic mass is 10.1. The number of nitrogens with zero attached hydrogens (tertiary/aromatic N) is 2. The maximum Gasteiger partial charge on any atom is 0.125 e. The molecular weight excluding hydrogens is 243 g/mol. The van der Waals surface area contributed by atoms with Gasteiger partial charge in [-0.15, -0.1) is 0 Å². The molecule has 1 saturated heterocycles. The van der Waals surface area contributed by atoms with E-state index < -0.39 is 0 Å². The minimum atomic E-state index is -0.168. The standard InChI is InChI=1S/C15H19FN2O/c1-2-18-11-12(10-17-5-7-19-8-6-17)14-4-3-13(16)9-15(14)18/h3-4,9,11H,2,5-8,10H2,1H3. The Morgan fingerprint density at radius 2 is 2.05 bits per heavy atom. The van der Waals surface area contributed by atoms with Crippen molar-refractivity contribution in [3.8, 4) is 0 Å². The molecule has 0 saturated carbocycles. The van der Waals surface area contributed by atoms with Crippen LogP contribution < -0.4 is 0 Å². The summed E-state index contributed by atoms with van der Waals surface area (Å²) in [5.74, 6) is -0.168. The molecule has 102 valence electrons. The topological polar surface area (TPSA) is 17.4 Å². The fourth-order valence-electron chi connectivity index (χ4n) is 2.73. The van der Waals surface area contributed by atoms with Gasteiger partial charge in [0.1, 0.15) is 5.82 Å². The zero-order valence-corrected chi connectivity index (χ0v) is 11.2. The van der Waals surface area contributed by atoms with Gasteiger partial charge in [0, 0.05) is 37.8 Å². The summed E-state index contributed by atoms with van der Waals surface area (Å²) in [4.78, 5) is 2.39. The van der Waals surface area contributed by atoms with Gasteiger partial charge in [0.2, 0.25) is 0 Å². The van der Waals surface area contributed by atoms with Gasteiger partial charge in [-0.3, -0.25) is 4.90 Å². The van der Waals surface area contributed by atoms with Crippen molar-refractivity contribution in [1.29, 1.82) is 0 Å². The number of hydrogen-bond donors (Lipinski definition) is 0. The molecule has 0 amide bonds. The highest BCUT2D eigenvalue weighted by Gasteiger charge is 2.14. The Labute approximate surface area is 112 Å². The minimum Gasteiger partial charge on any atom is -0.379 e. The SMILES string of the molecule is CCn1cc(CN2CCOCC2)c2ccc(F)cc21. The second-order valence-corrected chi connectivity index (χ2v) is 4.99. The lowest BCUT2D eigenvalue weighted by molar-refractivity contribution is 0.0343. The number of aromatic nitrogens is 1. The van der Waals surface area contributed by atoms with E-state index in [4.69, 9.17) is 4.74 Å². The van der Waals surface area contributed by atoms with E-state index in [1.165, 1.54) is 5.56 Å². The van der Waals surface area contributed by atoms with Gasteiger partial charge < -0.3 is 9.30 Å². The Bertz CT molecular complexity index is 573. The van der Waals surface area contributed by atoms with E-state index in [1.54, 1.807) is 12.1 Å². The number of benzene rings is 1. The molecule has 19 heavy (non-hydrogen) atoms. The van der Waals surface area contributed by atoms with E-state index in [0.29, 0.717) is 0 Å². The maximum absolute atomic E-state index is 13.4. The molecule has 1 aliphatic heterocycles. The van der Waals surface area contributed by atoms with E-state index in [1.807, 2.05) is 6.07 Å². The first kappa shape index (κ1) is 12.6. The average molecular weight is 262 g/mol. The van der Waals surface area contributed by atoms with Crippen LogP contribution in [0.3, 0.4) is 0 Å². The normalized spacial score (nSPS) is 17.2. The molecule has 1 aromatic heterocycles. The number of hydrogen-bond acceptors (Lipinski definition) is 2. The minimum absolute atomic E-state index is 0.168. The summed E-state index contributed by atoms with van der Waals surface area (Å²) in [7, 11) is 0. The summed E-state index contributed by atoms with van der Waals surface area (Å²) < 4.78 is 20.9. The highest BCUT2D eigenvalue weighted by atomic mass is 19.1. The van der Waals surface area contributed by atoms with E-state index in [-0.39, 0.29) is 5.82 Å². The lowest BCUT2D eigenvalue weighted by Crippen LogP contribution is -2.35. The Hall–Kier alpha value is -1.39. The van der Waals surface area contributed by atoms with Crippen molar-refractivity contribution in [3.05, 3.63) is 35.8 Å². The van der Waals surface area contributed by atoms with Gasteiger partial charge in [-0.25, -0.2) is 4.39 Å². The first-order valence-corrected chi connectivity index (χ1v) is 6.85. The number of fused-ring (bicyclic) bond motifs is 1. The smallest absolute Gasteiger partial charge is 0.125 e. The van der Waals surface area contributed by atoms with Gasteiger partial charge in [0.05, 0.1) is 18.7 Å². The molecule has 1 fully saturated rings. The molecule has 2 heterocycles. The zero-order valence-electron chi connectivity index (χ0n) is 11.2. The van der Waals surface area contributed by atoms with Crippen molar-refractivity contribution in [1.82, 2.24) is 9.47 Å². The van der Waals surface area contributed by atoms with Crippen LogP contribution in [0.15, 0.2) is 24.4 Å². The molecule has 0 spiro atoms. The Balaban J connectivity index is 1.94. The molecule has 1 aliphatic rings. The van der Waals surface area contributed by atoms with Gasteiger partial charge in [-0.1, -0.05) is 0 Å². The third kappa shape index (κ3) is 2.51. The van der Waals surface area contributed by atoms with Crippen molar-refractivity contribution in [2.45, 2.75) is 20.0 Å². The number of ether oxygens (including phenoxy) is 1. The molecule has 3 nitrogen and oxygen atoms in total. The molecular formula is C15H19FN2O. The molecule has 0 unspecified atom stereocenters. The monoisotopic (exact) mass is 262 g/mol. The summed E-state index contributed by atoms with van der Waals surface area (Å²) in [6.45, 7) is 7.42. The number of aryl methyl sites for hydroxylation is 1. The Morgan fingerprint density at radius 1 is 1.26 bits per heavy atom. The largest absolute Gasteiger partial charge is 0.379 e. The van der Waals surface area contributed by atoms with Gasteiger partial charge in [0.25, 0.3) is 0 Å². The average Bonchev–Trinajstić information content (AvgIpc) is 2.77. The molecule has 0 aliphatic carbocycles. The number of morpholine rings is 1. The number of halogens is 1. The summed E-state index contributed by atoms with van der Waals surface area (Å²) in [6.07, 6.45) is 2.15. The van der Waals surface area contributed by atoms with Gasteiger partial charge >= 0.3 is 0 Å². The lowest BCUT2D eigenvalue weighted by Gasteiger charge is -2.26. The van der Waals surface area contributed by atoms with Gasteiger partial charge in [-0.05, 0) is 30.7 Å². The van der Waals surface area contributed by atoms with Crippen LogP contribution in [-0.4, -0.2) is 35.8 Å². The van der Waals surface area contributed by atoms with Crippen LogP contribution in [0.25, 0.3) is 10.9 Å². The fourth-order valence-corrected chi connectivity index (χ4v) is 2.73. The summed E-state index contributed by atoms with van der Waals surface area (Å²) in [5, 5.41) is 1.16. The van der Waals surface area contributed by atoms with E-state index in [0.717, 1.165) is 50.3 Å². The maximum atomic E-state index is 13.4. The summed E-state index contributed by atoms with van der Waals surface area (Å²) in [6, 6.07) is 5.07. The van der Waals surface area contributed by atoms with Crippen molar-refractivity contribution >= 4 is 10.9 Å². The van der Waals surface area contributed by atoms with Crippen LogP contribution >= 0.6 is 0 Å². The zero-order chi connectivity index (χ0) is 13.2. The summed E-state index contributed by atoms with van der Waals surface area (Å²) in [5.41, 5.74) is 2.27. The molecule has 4 heteroatoms. The van der Waals surface area contributed by atoms with E-state index >= 15 is 0 Å². The second kappa shape index (κ2) is 5.31. The van der Waals surface area contributed by atoms with E-state index in [9.17, 15) is 4.39 Å². The van der Waals surface area contributed by atoms with Gasteiger partial charge in [-0.2, -0.15) is 0 Å². The first-order valence-electron chi connectivity index (χ1n) is 6.85. The van der Waals surface area contributed by atoms with Crippen LogP contribution in [0.4, 0.5) is 4.39 Å². The summed E-state index contributed by atoms with van der Waals surface area (Å²) >= 11 is 0. The molecule has 0 N–H and O–H groups in total. The van der Waals surface area contributed by atoms with Crippen LogP contribution in [-0.2, 0) is 17.8 Å². The predicted molar refractivity (Wildman–Crippen MR) is 73.7 cm³/mol. The molecule has 1 aromatic carbocycles. The molecule has 2 aromatic rings. The van der Waals surface area contributed by atoms with Crippen LogP contribution in [0.1, 0.15) is 12.5 Å². The fraction of sp³-hybridized carbons (Fsp3) is 0.467. The highest BCUT2D eigenvalue weighted by molar-refractivity contribution is 5.84. The van der Waals surface area contributed by atoms with Crippen molar-refractivity contribution < 1.29 is 9.13 Å². The van der Waals surface area contributed by atoms with E-state index in [2.05, 4.69) is 22.6 Å². The quantitative estimate of drug-likeness (QED) is 0.846.